The summed E-state index contributed by atoms with van der Waals surface area (Å²) in [4.78, 5) is 0. The maximum absolute atomic E-state index is 6.37. The van der Waals surface area contributed by atoms with Crippen LogP contribution in [0.1, 0.15) is 50.7 Å². The van der Waals surface area contributed by atoms with Crippen molar-refractivity contribution in [2.75, 3.05) is 7.11 Å². The normalized spacial score (nSPS) is 11.9. The summed E-state index contributed by atoms with van der Waals surface area (Å²) in [7, 11) is 1.83. The molecule has 0 aromatic heterocycles. The molecule has 0 spiro atoms. The van der Waals surface area contributed by atoms with E-state index < -0.39 is 21.8 Å². The fourth-order valence-corrected chi connectivity index (χ4v) is 13.3. The van der Waals surface area contributed by atoms with E-state index in [0.29, 0.717) is 0 Å². The van der Waals surface area contributed by atoms with Crippen molar-refractivity contribution in [1.29, 1.82) is 0 Å². The molecule has 0 atom stereocenters. The molecule has 1 nitrogen and oxygen atoms in total. The molecule has 1 aliphatic carbocycles. The fraction of sp³-hybridized carbons (Fsp3) is 0.357. The number of halogens is 1. The molecule has 1 aliphatic rings. The van der Waals surface area contributed by atoms with Crippen molar-refractivity contribution < 1.29 is 26.5 Å². The van der Waals surface area contributed by atoms with Crippen molar-refractivity contribution in [2.24, 2.45) is 0 Å². The Morgan fingerprint density at radius 1 is 0.903 bits per heavy atom. The van der Waals surface area contributed by atoms with Crippen LogP contribution in [0.2, 0.25) is 13.3 Å². The van der Waals surface area contributed by atoms with Crippen LogP contribution in [0.25, 0.3) is 22.3 Å². The SMILES string of the molecule is CCC[CH2][Zr]([CH2]CCC)[c]1cc(OC)c2c(c1-c1ccccc1)Cc1cc(Cl)ccc1-2. The predicted octanol–water partition coefficient (Wildman–Crippen LogP) is 8.27. The monoisotopic (exact) mass is 509 g/mol. The van der Waals surface area contributed by atoms with E-state index in [1.54, 1.807) is 3.27 Å². The second kappa shape index (κ2) is 10.5. The zero-order valence-electron chi connectivity index (χ0n) is 18.9. The first-order valence-electron chi connectivity index (χ1n) is 11.6. The zero-order valence-corrected chi connectivity index (χ0v) is 22.1. The van der Waals surface area contributed by atoms with Crippen molar-refractivity contribution in [2.45, 2.75) is 54.2 Å². The Morgan fingerprint density at radius 3 is 2.26 bits per heavy atom. The Kier molecular flexibility index (Phi) is 7.73. The maximum atomic E-state index is 6.37. The Bertz CT molecular complexity index is 1040. The van der Waals surface area contributed by atoms with E-state index in [-0.39, 0.29) is 0 Å². The number of unbranched alkanes of at least 4 members (excludes halogenated alkanes) is 2. The third kappa shape index (κ3) is 4.71. The Balaban J connectivity index is 1.95. The number of rotatable bonds is 9. The van der Waals surface area contributed by atoms with E-state index >= 15 is 0 Å². The fourth-order valence-electron chi connectivity index (χ4n) is 4.88. The number of methoxy groups -OCH3 is 1. The third-order valence-corrected chi connectivity index (χ3v) is 14.2. The molecule has 0 unspecified atom stereocenters. The average molecular weight is 511 g/mol. The van der Waals surface area contributed by atoms with Gasteiger partial charge < -0.3 is 0 Å². The van der Waals surface area contributed by atoms with Crippen molar-refractivity contribution >= 4 is 14.9 Å². The summed E-state index contributed by atoms with van der Waals surface area (Å²) < 4.78 is 10.6. The number of benzene rings is 3. The molecule has 0 saturated carbocycles. The number of hydrogen-bond acceptors (Lipinski definition) is 1. The molecule has 3 aromatic rings. The van der Waals surface area contributed by atoms with E-state index in [1.165, 1.54) is 67.3 Å². The van der Waals surface area contributed by atoms with Gasteiger partial charge in [-0.3, -0.25) is 0 Å². The van der Waals surface area contributed by atoms with Crippen molar-refractivity contribution in [3.8, 4) is 28.0 Å². The first kappa shape index (κ1) is 22.8. The van der Waals surface area contributed by atoms with Gasteiger partial charge in [0.1, 0.15) is 0 Å². The van der Waals surface area contributed by atoms with E-state index in [1.807, 2.05) is 13.2 Å². The van der Waals surface area contributed by atoms with Gasteiger partial charge in [-0.2, -0.15) is 0 Å². The topological polar surface area (TPSA) is 9.23 Å². The van der Waals surface area contributed by atoms with Crippen molar-refractivity contribution in [3.05, 3.63) is 70.7 Å². The zero-order chi connectivity index (χ0) is 21.8. The number of fused-ring (bicyclic) bond motifs is 3. The van der Waals surface area contributed by atoms with Gasteiger partial charge in [-0.1, -0.05) is 0 Å². The molecule has 4 rings (SSSR count). The summed E-state index contributed by atoms with van der Waals surface area (Å²) in [6, 6.07) is 19.8. The van der Waals surface area contributed by atoms with Crippen LogP contribution in [0.5, 0.6) is 5.75 Å². The Labute approximate surface area is 200 Å². The van der Waals surface area contributed by atoms with Crippen LogP contribution in [0, 0.1) is 0 Å². The average Bonchev–Trinajstić information content (AvgIpc) is 3.17. The van der Waals surface area contributed by atoms with Gasteiger partial charge in [0.15, 0.2) is 0 Å². The standard InChI is InChI=1S/C20H14ClO.2C4H9.Zr/c1-22-19-10-9-16(13-5-3-2-4-6-13)18-12-14-11-15(21)7-8-17(14)20(18)19;2*1-3-4-2;/h2-8,10-11H,12H2,1H3;2*1,3-4H2,2H3;. The quantitative estimate of drug-likeness (QED) is 0.220. The van der Waals surface area contributed by atoms with Crippen LogP contribution >= 0.6 is 11.6 Å². The number of ether oxygens (including phenoxy) is 1. The first-order chi connectivity index (χ1) is 15.2. The summed E-state index contributed by atoms with van der Waals surface area (Å²) in [6.07, 6.45) is 6.20. The van der Waals surface area contributed by atoms with Gasteiger partial charge in [0.25, 0.3) is 0 Å². The van der Waals surface area contributed by atoms with Gasteiger partial charge in [0, 0.05) is 0 Å². The minimum atomic E-state index is -1.83. The van der Waals surface area contributed by atoms with Crippen LogP contribution in [0.4, 0.5) is 0 Å². The molecule has 0 amide bonds. The molecule has 0 aliphatic heterocycles. The molecule has 0 radical (unpaired) electrons. The molecule has 3 aromatic carbocycles. The number of hydrogen-bond donors (Lipinski definition) is 0. The Hall–Kier alpha value is -1.37. The van der Waals surface area contributed by atoms with Gasteiger partial charge >= 0.3 is 201 Å². The van der Waals surface area contributed by atoms with Crippen LogP contribution in [0.3, 0.4) is 0 Å². The van der Waals surface area contributed by atoms with E-state index in [9.17, 15) is 0 Å². The molecule has 3 heteroatoms. The second-order valence-corrected chi connectivity index (χ2v) is 15.7. The summed E-state index contributed by atoms with van der Waals surface area (Å²) in [5, 5.41) is 0.814. The molecule has 0 heterocycles. The molecule has 0 saturated heterocycles. The summed E-state index contributed by atoms with van der Waals surface area (Å²) in [5.74, 6) is 1.05. The van der Waals surface area contributed by atoms with Gasteiger partial charge in [0.2, 0.25) is 0 Å². The summed E-state index contributed by atoms with van der Waals surface area (Å²) in [5.41, 5.74) is 8.20. The van der Waals surface area contributed by atoms with Crippen LogP contribution in [-0.4, -0.2) is 7.11 Å². The molecule has 0 bridgehead atoms. The van der Waals surface area contributed by atoms with E-state index in [0.717, 1.165) is 17.2 Å². The Morgan fingerprint density at radius 2 is 1.61 bits per heavy atom. The van der Waals surface area contributed by atoms with Crippen LogP contribution < -0.4 is 8.01 Å². The molecule has 0 fully saturated rings. The van der Waals surface area contributed by atoms with Crippen molar-refractivity contribution in [3.63, 3.8) is 0 Å². The molecular formula is C28H32ClOZr. The predicted molar refractivity (Wildman–Crippen MR) is 131 cm³/mol. The van der Waals surface area contributed by atoms with Crippen LogP contribution in [-0.2, 0) is 28.2 Å². The second-order valence-electron chi connectivity index (χ2n) is 8.51. The first-order valence-corrected chi connectivity index (χ1v) is 16.7. The summed E-state index contributed by atoms with van der Waals surface area (Å²) >= 11 is 4.54. The third-order valence-electron chi connectivity index (χ3n) is 6.43. The molecule has 161 valence electrons. The summed E-state index contributed by atoms with van der Waals surface area (Å²) in [6.45, 7) is 4.64. The minimum absolute atomic E-state index is 0.814. The molecule has 31 heavy (non-hydrogen) atoms. The van der Waals surface area contributed by atoms with E-state index in [4.69, 9.17) is 16.3 Å². The molecular weight excluding hydrogens is 479 g/mol. The van der Waals surface area contributed by atoms with Gasteiger partial charge in [-0.05, 0) is 0 Å². The van der Waals surface area contributed by atoms with Crippen molar-refractivity contribution in [1.82, 2.24) is 0 Å². The van der Waals surface area contributed by atoms with E-state index in [2.05, 4.69) is 62.4 Å². The van der Waals surface area contributed by atoms with Gasteiger partial charge in [0.05, 0.1) is 0 Å². The van der Waals surface area contributed by atoms with Crippen LogP contribution in [0.15, 0.2) is 54.6 Å². The van der Waals surface area contributed by atoms with Gasteiger partial charge in [-0.15, -0.1) is 0 Å². The molecule has 0 N–H and O–H groups in total. The van der Waals surface area contributed by atoms with Gasteiger partial charge in [-0.25, -0.2) is 0 Å².